The maximum absolute atomic E-state index is 8.43. The summed E-state index contributed by atoms with van der Waals surface area (Å²) in [6.45, 7) is 5.19. The minimum absolute atomic E-state index is 0.266. The average molecular weight is 349 g/mol. The van der Waals surface area contributed by atoms with Crippen molar-refractivity contribution in [3.05, 3.63) is 58.9 Å². The predicted octanol–water partition coefficient (Wildman–Crippen LogP) is 5.52. The molecular formula is C23H25N2O+. The second kappa shape index (κ2) is 5.94. The minimum Gasteiger partial charge on any atom is -0.437 e. The standard InChI is InChI=1S/C23H25N2O/c1-13(2)17-9-10-25(6)19(12-17)21-15(4)11-14(3)20-18-8-7-16(5)24-23(18)26-22(20)21/h7-13H,1-6H3/q+1/i3D3,13D. The summed E-state index contributed by atoms with van der Waals surface area (Å²) in [7, 11) is 1.93. The normalized spacial score (nSPS) is 15.0. The maximum Gasteiger partial charge on any atom is 0.227 e. The van der Waals surface area contributed by atoms with Gasteiger partial charge in [-0.3, -0.25) is 0 Å². The van der Waals surface area contributed by atoms with E-state index in [0.717, 1.165) is 28.1 Å². The molecule has 0 fully saturated rings. The molecule has 0 aliphatic rings. The van der Waals surface area contributed by atoms with Crippen molar-refractivity contribution in [2.24, 2.45) is 7.05 Å². The SMILES string of the molecule is [2H]C([2H])([2H])c1cc(C)c(-c2cc(C([2H])(C)C)cc[n+]2C)c2oc3nc(C)ccc3c12. The molecular weight excluding hydrogens is 320 g/mol. The second-order valence-corrected chi connectivity index (χ2v) is 7.14. The van der Waals surface area contributed by atoms with Gasteiger partial charge in [-0.1, -0.05) is 19.9 Å². The molecule has 0 N–H and O–H groups in total. The van der Waals surface area contributed by atoms with Gasteiger partial charge in [0.05, 0.1) is 5.56 Å². The van der Waals surface area contributed by atoms with E-state index >= 15 is 0 Å². The van der Waals surface area contributed by atoms with E-state index in [9.17, 15) is 0 Å². The third kappa shape index (κ3) is 2.50. The fraction of sp³-hybridized carbons (Fsp3) is 0.304. The van der Waals surface area contributed by atoms with Crippen LogP contribution in [0.3, 0.4) is 0 Å². The van der Waals surface area contributed by atoms with Crippen molar-refractivity contribution in [2.45, 2.75) is 40.4 Å². The summed E-state index contributed by atoms with van der Waals surface area (Å²) in [5, 5.41) is 1.27. The number of fused-ring (bicyclic) bond motifs is 3. The molecule has 3 nitrogen and oxygen atoms in total. The number of hydrogen-bond donors (Lipinski definition) is 0. The van der Waals surface area contributed by atoms with Crippen molar-refractivity contribution >= 4 is 22.1 Å². The molecule has 3 heteroatoms. The molecule has 1 aromatic carbocycles. The molecule has 0 aliphatic carbocycles. The zero-order valence-corrected chi connectivity index (χ0v) is 15.8. The number of rotatable bonds is 2. The lowest BCUT2D eigenvalue weighted by atomic mass is 9.95. The van der Waals surface area contributed by atoms with Gasteiger partial charge in [-0.05, 0) is 55.4 Å². The zero-order valence-electron chi connectivity index (χ0n) is 19.8. The van der Waals surface area contributed by atoms with Crippen molar-refractivity contribution < 1.29 is 14.5 Å². The van der Waals surface area contributed by atoms with Crippen LogP contribution in [0.25, 0.3) is 33.3 Å². The smallest absolute Gasteiger partial charge is 0.227 e. The van der Waals surface area contributed by atoms with Gasteiger partial charge in [0.2, 0.25) is 11.4 Å². The van der Waals surface area contributed by atoms with E-state index in [2.05, 4.69) is 4.98 Å². The lowest BCUT2D eigenvalue weighted by molar-refractivity contribution is -0.660. The molecule has 0 saturated heterocycles. The molecule has 0 unspecified atom stereocenters. The van der Waals surface area contributed by atoms with Gasteiger partial charge < -0.3 is 4.42 Å². The average Bonchev–Trinajstić information content (AvgIpc) is 2.98. The van der Waals surface area contributed by atoms with E-state index in [-0.39, 0.29) is 5.56 Å². The summed E-state index contributed by atoms with van der Waals surface area (Å²) in [5.74, 6) is -0.763. The Morgan fingerprint density at radius 3 is 2.69 bits per heavy atom. The molecule has 26 heavy (non-hydrogen) atoms. The molecule has 3 heterocycles. The fourth-order valence-corrected chi connectivity index (χ4v) is 3.50. The Morgan fingerprint density at radius 2 is 1.96 bits per heavy atom. The summed E-state index contributed by atoms with van der Waals surface area (Å²) in [4.78, 5) is 4.49. The zero-order chi connectivity index (χ0) is 22.0. The molecule has 132 valence electrons. The molecule has 0 spiro atoms. The van der Waals surface area contributed by atoms with Crippen molar-refractivity contribution in [1.82, 2.24) is 4.98 Å². The molecule has 4 rings (SSSR count). The van der Waals surface area contributed by atoms with Crippen LogP contribution < -0.4 is 4.57 Å². The Morgan fingerprint density at radius 1 is 1.15 bits per heavy atom. The molecule has 0 saturated carbocycles. The van der Waals surface area contributed by atoms with Gasteiger partial charge in [0.25, 0.3) is 0 Å². The first-order valence-corrected chi connectivity index (χ1v) is 8.72. The largest absolute Gasteiger partial charge is 0.437 e. The first-order chi connectivity index (χ1) is 13.9. The van der Waals surface area contributed by atoms with Gasteiger partial charge in [-0.15, -0.1) is 0 Å². The number of aryl methyl sites for hydroxylation is 4. The van der Waals surface area contributed by atoms with Gasteiger partial charge in [0.15, 0.2) is 11.8 Å². The van der Waals surface area contributed by atoms with Crippen LogP contribution in [0.4, 0.5) is 0 Å². The van der Waals surface area contributed by atoms with Gasteiger partial charge >= 0.3 is 0 Å². The predicted molar refractivity (Wildman–Crippen MR) is 106 cm³/mol. The summed E-state index contributed by atoms with van der Waals surface area (Å²) >= 11 is 0. The summed E-state index contributed by atoms with van der Waals surface area (Å²) < 4.78 is 40.8. The minimum atomic E-state index is -2.28. The maximum atomic E-state index is 8.43. The van der Waals surface area contributed by atoms with Crippen LogP contribution >= 0.6 is 0 Å². The molecule has 0 atom stereocenters. The molecule has 0 radical (unpaired) electrons. The highest BCUT2D eigenvalue weighted by Gasteiger charge is 2.23. The number of hydrogen-bond acceptors (Lipinski definition) is 2. The monoisotopic (exact) mass is 349 g/mol. The molecule has 0 aliphatic heterocycles. The van der Waals surface area contributed by atoms with Crippen LogP contribution in [0.2, 0.25) is 0 Å². The van der Waals surface area contributed by atoms with Gasteiger partial charge in [-0.25, -0.2) is 9.55 Å². The van der Waals surface area contributed by atoms with Crippen LogP contribution in [0.15, 0.2) is 40.9 Å². The summed E-state index contributed by atoms with van der Waals surface area (Å²) in [6.07, 6.45) is 1.93. The number of pyridine rings is 2. The van der Waals surface area contributed by atoms with E-state index in [1.54, 1.807) is 6.07 Å². The van der Waals surface area contributed by atoms with Crippen LogP contribution in [0.5, 0.6) is 0 Å². The van der Waals surface area contributed by atoms with Crippen molar-refractivity contribution in [3.8, 4) is 11.3 Å². The van der Waals surface area contributed by atoms with E-state index in [4.69, 9.17) is 9.90 Å². The topological polar surface area (TPSA) is 29.9 Å². The van der Waals surface area contributed by atoms with Crippen LogP contribution in [-0.4, -0.2) is 4.98 Å². The van der Waals surface area contributed by atoms with E-state index in [0.29, 0.717) is 22.1 Å². The number of furan rings is 1. The molecule has 3 aromatic heterocycles. The number of aromatic nitrogens is 2. The second-order valence-electron chi connectivity index (χ2n) is 7.14. The quantitative estimate of drug-likeness (QED) is 0.446. The van der Waals surface area contributed by atoms with Crippen molar-refractivity contribution in [2.75, 3.05) is 0 Å². The molecule has 0 bridgehead atoms. The van der Waals surface area contributed by atoms with Crippen molar-refractivity contribution in [1.29, 1.82) is 0 Å². The first-order valence-electron chi connectivity index (χ1n) is 10.7. The fourth-order valence-electron chi connectivity index (χ4n) is 3.50. The highest BCUT2D eigenvalue weighted by molar-refractivity contribution is 6.10. The van der Waals surface area contributed by atoms with E-state index in [1.807, 2.05) is 69.8 Å². The third-order valence-electron chi connectivity index (χ3n) is 4.93. The van der Waals surface area contributed by atoms with Gasteiger partial charge in [0.1, 0.15) is 7.05 Å². The Kier molecular flexibility index (Phi) is 2.89. The van der Waals surface area contributed by atoms with Crippen LogP contribution in [0, 0.1) is 20.7 Å². The lowest BCUT2D eigenvalue weighted by Crippen LogP contribution is -2.31. The molecule has 0 amide bonds. The highest BCUT2D eigenvalue weighted by atomic mass is 16.3. The number of nitrogens with zero attached hydrogens (tertiary/aromatic N) is 2. The van der Waals surface area contributed by atoms with Crippen molar-refractivity contribution in [3.63, 3.8) is 0 Å². The molecule has 4 aromatic rings. The van der Waals surface area contributed by atoms with Crippen LogP contribution in [-0.2, 0) is 7.05 Å². The van der Waals surface area contributed by atoms with Crippen LogP contribution in [0.1, 0.15) is 47.6 Å². The lowest BCUT2D eigenvalue weighted by Gasteiger charge is -2.10. The van der Waals surface area contributed by atoms with E-state index < -0.39 is 12.7 Å². The van der Waals surface area contributed by atoms with Gasteiger partial charge in [-0.2, -0.15) is 0 Å². The highest BCUT2D eigenvalue weighted by Crippen LogP contribution is 2.38. The summed E-state index contributed by atoms with van der Waals surface area (Å²) in [5.41, 5.74) is 5.38. The first kappa shape index (κ1) is 12.6. The summed E-state index contributed by atoms with van der Waals surface area (Å²) in [6, 6.07) is 9.39. The van der Waals surface area contributed by atoms with Gasteiger partial charge in [0, 0.05) is 34.1 Å². The Balaban J connectivity index is 2.18. The van der Waals surface area contributed by atoms with E-state index in [1.165, 1.54) is 0 Å². The number of benzene rings is 1. The Labute approximate surface area is 159 Å². The Hall–Kier alpha value is -2.68. The Bertz CT molecular complexity index is 1300. The third-order valence-corrected chi connectivity index (χ3v) is 4.93.